The Balaban J connectivity index is 1.33. The van der Waals surface area contributed by atoms with Crippen LogP contribution in [0.25, 0.3) is 0 Å². The number of imide groups is 1. The van der Waals surface area contributed by atoms with Gasteiger partial charge in [-0.15, -0.1) is 0 Å². The molecule has 3 N–H and O–H groups in total. The number of nitrogens with one attached hydrogen (secondary N) is 3. The summed E-state index contributed by atoms with van der Waals surface area (Å²) >= 11 is 0. The molecule has 4 aliphatic heterocycles. The standard InChI is InChI=1S/C20H24N4O3/c25-17-5-4-16(18(26)23-17)24-10-15-13(2-1-3-14(15)19(24)27)9-22-20-6-12(7-20)8-21-11-20/h1-3,12,16,21-22H,4-11H2,(H,23,25,26). The van der Waals surface area contributed by atoms with Crippen molar-refractivity contribution < 1.29 is 14.4 Å². The second-order valence-corrected chi connectivity index (χ2v) is 8.38. The third-order valence-corrected chi connectivity index (χ3v) is 6.59. The van der Waals surface area contributed by atoms with E-state index in [0.717, 1.165) is 36.7 Å². The Morgan fingerprint density at radius 3 is 2.81 bits per heavy atom. The van der Waals surface area contributed by atoms with Crippen molar-refractivity contribution >= 4 is 17.7 Å². The monoisotopic (exact) mass is 368 g/mol. The molecule has 1 atom stereocenters. The van der Waals surface area contributed by atoms with Gasteiger partial charge in [-0.25, -0.2) is 0 Å². The number of hydrogen-bond acceptors (Lipinski definition) is 5. The summed E-state index contributed by atoms with van der Waals surface area (Å²) in [7, 11) is 0. The van der Waals surface area contributed by atoms with Crippen LogP contribution in [0.1, 0.15) is 47.2 Å². The molecular weight excluding hydrogens is 344 g/mol. The van der Waals surface area contributed by atoms with E-state index in [4.69, 9.17) is 0 Å². The molecule has 1 aromatic carbocycles. The lowest BCUT2D eigenvalue weighted by Crippen LogP contribution is -2.66. The van der Waals surface area contributed by atoms with Gasteiger partial charge < -0.3 is 15.5 Å². The van der Waals surface area contributed by atoms with E-state index in [9.17, 15) is 14.4 Å². The quantitative estimate of drug-likeness (QED) is 0.665. The fourth-order valence-electron chi connectivity index (χ4n) is 5.15. The van der Waals surface area contributed by atoms with Crippen LogP contribution in [0, 0.1) is 5.92 Å². The van der Waals surface area contributed by atoms with Crippen molar-refractivity contribution in [1.29, 1.82) is 0 Å². The molecule has 1 unspecified atom stereocenters. The molecule has 4 fully saturated rings. The van der Waals surface area contributed by atoms with Gasteiger partial charge in [-0.2, -0.15) is 0 Å². The summed E-state index contributed by atoms with van der Waals surface area (Å²) in [6.45, 7) is 3.29. The lowest BCUT2D eigenvalue weighted by molar-refractivity contribution is -0.136. The topological polar surface area (TPSA) is 90.5 Å². The minimum atomic E-state index is -0.558. The second-order valence-electron chi connectivity index (χ2n) is 8.38. The van der Waals surface area contributed by atoms with E-state index >= 15 is 0 Å². The first kappa shape index (κ1) is 16.9. The molecular formula is C20H24N4O3. The molecule has 3 amide bonds. The van der Waals surface area contributed by atoms with Gasteiger partial charge in [-0.05, 0) is 48.9 Å². The van der Waals surface area contributed by atoms with Crippen LogP contribution in [0.4, 0.5) is 0 Å². The van der Waals surface area contributed by atoms with Crippen molar-refractivity contribution in [1.82, 2.24) is 20.9 Å². The van der Waals surface area contributed by atoms with Crippen molar-refractivity contribution in [2.75, 3.05) is 13.1 Å². The summed E-state index contributed by atoms with van der Waals surface area (Å²) in [5.74, 6) is 0.0593. The van der Waals surface area contributed by atoms with Crippen molar-refractivity contribution in [3.8, 4) is 0 Å². The molecule has 0 aromatic heterocycles. The maximum Gasteiger partial charge on any atom is 0.255 e. The highest BCUT2D eigenvalue weighted by atomic mass is 16.2. The Kier molecular flexibility index (Phi) is 3.84. The van der Waals surface area contributed by atoms with Crippen LogP contribution in [-0.4, -0.2) is 47.3 Å². The molecule has 0 radical (unpaired) electrons. The van der Waals surface area contributed by atoms with Gasteiger partial charge in [0.05, 0.1) is 0 Å². The molecule has 6 rings (SSSR count). The number of hydrogen-bond donors (Lipinski definition) is 3. The van der Waals surface area contributed by atoms with Crippen molar-refractivity contribution in [2.24, 2.45) is 5.92 Å². The minimum absolute atomic E-state index is 0.109. The number of piperidine rings is 3. The van der Waals surface area contributed by atoms with Gasteiger partial charge in [0.1, 0.15) is 6.04 Å². The molecule has 7 nitrogen and oxygen atoms in total. The molecule has 1 aromatic rings. The van der Waals surface area contributed by atoms with E-state index in [1.165, 1.54) is 12.8 Å². The van der Waals surface area contributed by atoms with Crippen LogP contribution in [0.3, 0.4) is 0 Å². The summed E-state index contributed by atoms with van der Waals surface area (Å²) in [6, 6.07) is 5.27. The first-order valence-corrected chi connectivity index (χ1v) is 9.76. The predicted molar refractivity (Wildman–Crippen MR) is 97.7 cm³/mol. The van der Waals surface area contributed by atoms with Gasteiger partial charge in [-0.3, -0.25) is 19.7 Å². The Bertz CT molecular complexity index is 825. The number of fused-ring (bicyclic) bond motifs is 3. The Hall–Kier alpha value is -2.25. The first-order chi connectivity index (χ1) is 13.0. The van der Waals surface area contributed by atoms with Gasteiger partial charge >= 0.3 is 0 Å². The molecule has 7 heteroatoms. The van der Waals surface area contributed by atoms with Gasteiger partial charge in [-0.1, -0.05) is 12.1 Å². The Morgan fingerprint density at radius 2 is 2.07 bits per heavy atom. The molecule has 0 spiro atoms. The van der Waals surface area contributed by atoms with Gasteiger partial charge in [0.25, 0.3) is 5.91 Å². The lowest BCUT2D eigenvalue weighted by atomic mass is 9.65. The van der Waals surface area contributed by atoms with Crippen LogP contribution < -0.4 is 16.0 Å². The van der Waals surface area contributed by atoms with Crippen molar-refractivity contribution in [2.45, 2.75) is 50.4 Å². The summed E-state index contributed by atoms with van der Waals surface area (Å²) < 4.78 is 0. The molecule has 1 aliphatic carbocycles. The van der Waals surface area contributed by atoms with E-state index < -0.39 is 6.04 Å². The predicted octanol–water partition coefficient (Wildman–Crippen LogP) is 0.289. The number of rotatable bonds is 4. The highest BCUT2D eigenvalue weighted by Crippen LogP contribution is 2.40. The minimum Gasteiger partial charge on any atom is -0.322 e. The van der Waals surface area contributed by atoms with Crippen molar-refractivity contribution in [3.63, 3.8) is 0 Å². The molecule has 142 valence electrons. The van der Waals surface area contributed by atoms with E-state index in [2.05, 4.69) is 22.0 Å². The lowest BCUT2D eigenvalue weighted by Gasteiger charge is -2.53. The third kappa shape index (κ3) is 2.76. The highest BCUT2D eigenvalue weighted by molar-refractivity contribution is 6.05. The molecule has 2 bridgehead atoms. The average molecular weight is 368 g/mol. The number of carbonyl (C=O) groups excluding carboxylic acids is 3. The largest absolute Gasteiger partial charge is 0.322 e. The van der Waals surface area contributed by atoms with Crippen LogP contribution in [0.15, 0.2) is 18.2 Å². The average Bonchev–Trinajstić information content (AvgIpc) is 2.97. The molecule has 5 aliphatic rings. The summed E-state index contributed by atoms with van der Waals surface area (Å²) in [5, 5.41) is 9.56. The zero-order valence-electron chi connectivity index (χ0n) is 15.2. The van der Waals surface area contributed by atoms with Gasteiger partial charge in [0, 0.05) is 37.2 Å². The number of benzene rings is 1. The zero-order chi connectivity index (χ0) is 18.6. The maximum atomic E-state index is 12.9. The van der Waals surface area contributed by atoms with Crippen LogP contribution in [-0.2, 0) is 22.7 Å². The number of amides is 3. The van der Waals surface area contributed by atoms with Crippen LogP contribution >= 0.6 is 0 Å². The molecule has 3 saturated heterocycles. The normalized spacial score (nSPS) is 32.1. The fourth-order valence-corrected chi connectivity index (χ4v) is 5.15. The van der Waals surface area contributed by atoms with Gasteiger partial charge in [0.15, 0.2) is 0 Å². The van der Waals surface area contributed by atoms with E-state index in [0.29, 0.717) is 18.5 Å². The van der Waals surface area contributed by atoms with Crippen molar-refractivity contribution in [3.05, 3.63) is 34.9 Å². The highest BCUT2D eigenvalue weighted by Gasteiger charge is 2.47. The molecule has 4 heterocycles. The second kappa shape index (κ2) is 6.14. The maximum absolute atomic E-state index is 12.9. The smallest absolute Gasteiger partial charge is 0.255 e. The fraction of sp³-hybridized carbons (Fsp3) is 0.550. The van der Waals surface area contributed by atoms with Crippen LogP contribution in [0.5, 0.6) is 0 Å². The van der Waals surface area contributed by atoms with E-state index in [-0.39, 0.29) is 29.7 Å². The summed E-state index contributed by atoms with van der Waals surface area (Å²) in [4.78, 5) is 38.1. The Morgan fingerprint density at radius 1 is 1.22 bits per heavy atom. The third-order valence-electron chi connectivity index (χ3n) is 6.59. The molecule has 1 saturated carbocycles. The Labute approximate surface area is 157 Å². The first-order valence-electron chi connectivity index (χ1n) is 9.76. The molecule has 27 heavy (non-hydrogen) atoms. The summed E-state index contributed by atoms with van der Waals surface area (Å²) in [5.41, 5.74) is 3.01. The van der Waals surface area contributed by atoms with Crippen LogP contribution in [0.2, 0.25) is 0 Å². The van der Waals surface area contributed by atoms with E-state index in [1.54, 1.807) is 4.90 Å². The van der Waals surface area contributed by atoms with Gasteiger partial charge in [0.2, 0.25) is 11.8 Å². The summed E-state index contributed by atoms with van der Waals surface area (Å²) in [6.07, 6.45) is 3.11. The zero-order valence-corrected chi connectivity index (χ0v) is 15.2. The van der Waals surface area contributed by atoms with E-state index in [1.807, 2.05) is 12.1 Å². The number of carbonyl (C=O) groups is 3. The number of nitrogens with zero attached hydrogens (tertiary/aromatic N) is 1. The SMILES string of the molecule is O=C1CCC(N2Cc3c(CNC45CNCC(C4)C5)cccc3C2=O)C(=O)N1.